The Hall–Kier alpha value is -2.65. The highest BCUT2D eigenvalue weighted by atomic mass is 16.7. The average Bonchev–Trinajstić information content (AvgIpc) is 2.78. The molecule has 1 fully saturated rings. The van der Waals surface area contributed by atoms with E-state index in [1.54, 1.807) is 27.0 Å². The molecule has 0 bridgehead atoms. The molecule has 8 heteroatoms. The van der Waals surface area contributed by atoms with Gasteiger partial charge in [0.05, 0.1) is 12.7 Å². The van der Waals surface area contributed by atoms with Gasteiger partial charge < -0.3 is 34.5 Å². The maximum Gasteiger partial charge on any atom is 0.229 e. The third-order valence-corrected chi connectivity index (χ3v) is 5.78. The summed E-state index contributed by atoms with van der Waals surface area (Å²) < 4.78 is 22.6. The Bertz CT molecular complexity index is 962. The van der Waals surface area contributed by atoms with E-state index >= 15 is 0 Å². The summed E-state index contributed by atoms with van der Waals surface area (Å²) in [6.45, 7) is 5.54. The number of hydrogen-bond donors (Lipinski definition) is 3. The fourth-order valence-electron chi connectivity index (χ4n) is 4.12. The molecule has 4 atom stereocenters. The molecule has 0 aliphatic carbocycles. The molecule has 3 N–H and O–H groups in total. The van der Waals surface area contributed by atoms with Gasteiger partial charge in [0, 0.05) is 20.6 Å². The van der Waals surface area contributed by atoms with Crippen molar-refractivity contribution in [2.24, 2.45) is 0 Å². The Morgan fingerprint density at radius 3 is 2.52 bits per heavy atom. The SMILES string of the molecule is COc1cccc(-c2cc(OC3OC(C)(C)[C@H](OC)[C@@H](O)[C@@H]3O)ccc2CCNC(C)=O)c1. The van der Waals surface area contributed by atoms with Crippen LogP contribution in [0.3, 0.4) is 0 Å². The van der Waals surface area contributed by atoms with Crippen molar-refractivity contribution >= 4 is 5.91 Å². The largest absolute Gasteiger partial charge is 0.497 e. The molecule has 0 radical (unpaired) electrons. The minimum Gasteiger partial charge on any atom is -0.497 e. The first-order valence-corrected chi connectivity index (χ1v) is 10.9. The van der Waals surface area contributed by atoms with Gasteiger partial charge in [-0.05, 0) is 61.2 Å². The normalized spacial score (nSPS) is 24.2. The van der Waals surface area contributed by atoms with Gasteiger partial charge in [-0.25, -0.2) is 0 Å². The molecule has 2 aromatic carbocycles. The van der Waals surface area contributed by atoms with Crippen molar-refractivity contribution in [3.8, 4) is 22.6 Å². The standard InChI is InChI=1S/C25H33NO7/c1-15(27)26-12-11-16-9-10-19(14-20(16)17-7-6-8-18(13-17)30-4)32-24-22(29)21(28)23(31-5)25(2,3)33-24/h6-10,13-14,21-24,28-29H,11-12H2,1-5H3,(H,26,27)/t21-,22-,23+,24?/m0/s1. The quantitative estimate of drug-likeness (QED) is 0.556. The molecule has 0 spiro atoms. The molecule has 1 amide bonds. The molecule has 0 saturated carbocycles. The van der Waals surface area contributed by atoms with Gasteiger partial charge in [0.2, 0.25) is 12.2 Å². The Kier molecular flexibility index (Phi) is 7.97. The molecule has 0 aromatic heterocycles. The number of carbonyl (C=O) groups excluding carboxylic acids is 1. The Balaban J connectivity index is 1.90. The number of carbonyl (C=O) groups is 1. The van der Waals surface area contributed by atoms with Crippen LogP contribution in [0.15, 0.2) is 42.5 Å². The van der Waals surface area contributed by atoms with Crippen LogP contribution in [0.2, 0.25) is 0 Å². The van der Waals surface area contributed by atoms with Gasteiger partial charge in [0.25, 0.3) is 0 Å². The molecule has 180 valence electrons. The second-order valence-corrected chi connectivity index (χ2v) is 8.63. The molecular weight excluding hydrogens is 426 g/mol. The molecule has 1 aliphatic rings. The average molecular weight is 460 g/mol. The summed E-state index contributed by atoms with van der Waals surface area (Å²) >= 11 is 0. The van der Waals surface area contributed by atoms with E-state index in [1.807, 2.05) is 36.4 Å². The number of rotatable bonds is 8. The highest BCUT2D eigenvalue weighted by Gasteiger charge is 2.50. The van der Waals surface area contributed by atoms with E-state index in [1.165, 1.54) is 14.0 Å². The predicted molar refractivity (Wildman–Crippen MR) is 123 cm³/mol. The van der Waals surface area contributed by atoms with E-state index in [0.717, 1.165) is 16.7 Å². The number of hydrogen-bond acceptors (Lipinski definition) is 7. The number of benzene rings is 2. The molecule has 8 nitrogen and oxygen atoms in total. The maximum atomic E-state index is 11.3. The third-order valence-electron chi connectivity index (χ3n) is 5.78. The van der Waals surface area contributed by atoms with Crippen LogP contribution in [0.4, 0.5) is 0 Å². The number of methoxy groups -OCH3 is 2. The number of aliphatic hydroxyl groups is 2. The fourth-order valence-corrected chi connectivity index (χ4v) is 4.12. The van der Waals surface area contributed by atoms with Crippen LogP contribution in [0, 0.1) is 0 Å². The number of amides is 1. The van der Waals surface area contributed by atoms with Crippen molar-refractivity contribution in [1.29, 1.82) is 0 Å². The second kappa shape index (κ2) is 10.5. The Labute approximate surface area is 194 Å². The fraction of sp³-hybridized carbons (Fsp3) is 0.480. The molecule has 1 heterocycles. The minimum absolute atomic E-state index is 0.0862. The monoisotopic (exact) mass is 459 g/mol. The summed E-state index contributed by atoms with van der Waals surface area (Å²) in [6, 6.07) is 13.2. The van der Waals surface area contributed by atoms with E-state index in [2.05, 4.69) is 5.32 Å². The molecule has 1 unspecified atom stereocenters. The zero-order chi connectivity index (χ0) is 24.2. The van der Waals surface area contributed by atoms with Crippen LogP contribution in [0.1, 0.15) is 26.3 Å². The van der Waals surface area contributed by atoms with Crippen molar-refractivity contribution < 1.29 is 34.0 Å². The van der Waals surface area contributed by atoms with E-state index in [9.17, 15) is 15.0 Å². The van der Waals surface area contributed by atoms with E-state index in [-0.39, 0.29) is 5.91 Å². The van der Waals surface area contributed by atoms with Gasteiger partial charge in [-0.3, -0.25) is 4.79 Å². The number of nitrogens with one attached hydrogen (secondary N) is 1. The molecule has 1 aliphatic heterocycles. The number of aliphatic hydroxyl groups excluding tert-OH is 2. The van der Waals surface area contributed by atoms with Gasteiger partial charge >= 0.3 is 0 Å². The second-order valence-electron chi connectivity index (χ2n) is 8.63. The van der Waals surface area contributed by atoms with Gasteiger partial charge in [-0.2, -0.15) is 0 Å². The lowest BCUT2D eigenvalue weighted by molar-refractivity contribution is -0.305. The summed E-state index contributed by atoms with van der Waals surface area (Å²) in [5, 5.41) is 23.9. The Morgan fingerprint density at radius 1 is 1.09 bits per heavy atom. The third kappa shape index (κ3) is 5.83. The smallest absolute Gasteiger partial charge is 0.229 e. The summed E-state index contributed by atoms with van der Waals surface area (Å²) in [5.41, 5.74) is 1.96. The lowest BCUT2D eigenvalue weighted by Crippen LogP contribution is -2.63. The zero-order valence-electron chi connectivity index (χ0n) is 19.7. The van der Waals surface area contributed by atoms with Gasteiger partial charge in [0.15, 0.2) is 0 Å². The maximum absolute atomic E-state index is 11.3. The first kappa shape index (κ1) is 25.0. The van der Waals surface area contributed by atoms with Crippen molar-refractivity contribution in [1.82, 2.24) is 5.32 Å². The van der Waals surface area contributed by atoms with E-state index < -0.39 is 30.2 Å². The zero-order valence-corrected chi connectivity index (χ0v) is 19.7. The highest BCUT2D eigenvalue weighted by molar-refractivity contribution is 5.73. The van der Waals surface area contributed by atoms with Crippen LogP contribution in [-0.4, -0.2) is 67.1 Å². The van der Waals surface area contributed by atoms with E-state index in [4.69, 9.17) is 18.9 Å². The van der Waals surface area contributed by atoms with Gasteiger partial charge in [-0.15, -0.1) is 0 Å². The van der Waals surface area contributed by atoms with Crippen LogP contribution in [-0.2, 0) is 20.7 Å². The van der Waals surface area contributed by atoms with Crippen molar-refractivity contribution in [2.45, 2.75) is 57.4 Å². The van der Waals surface area contributed by atoms with E-state index in [0.29, 0.717) is 24.5 Å². The molecular formula is C25H33NO7. The van der Waals surface area contributed by atoms with Gasteiger partial charge in [-0.1, -0.05) is 18.2 Å². The van der Waals surface area contributed by atoms with Crippen molar-refractivity contribution in [2.75, 3.05) is 20.8 Å². The van der Waals surface area contributed by atoms with Crippen molar-refractivity contribution in [3.05, 3.63) is 48.0 Å². The first-order valence-electron chi connectivity index (χ1n) is 10.9. The number of ether oxygens (including phenoxy) is 4. The van der Waals surface area contributed by atoms with Crippen LogP contribution in [0.5, 0.6) is 11.5 Å². The molecule has 3 rings (SSSR count). The van der Waals surface area contributed by atoms with Crippen molar-refractivity contribution in [3.63, 3.8) is 0 Å². The molecule has 33 heavy (non-hydrogen) atoms. The molecule has 2 aromatic rings. The summed E-state index contributed by atoms with van der Waals surface area (Å²) in [5.74, 6) is 1.10. The van der Waals surface area contributed by atoms with Crippen LogP contribution < -0.4 is 14.8 Å². The van der Waals surface area contributed by atoms with Crippen LogP contribution in [0.25, 0.3) is 11.1 Å². The molecule has 1 saturated heterocycles. The van der Waals surface area contributed by atoms with Gasteiger partial charge in [0.1, 0.15) is 29.8 Å². The lowest BCUT2D eigenvalue weighted by atomic mass is 9.89. The van der Waals surface area contributed by atoms with Crippen LogP contribution >= 0.6 is 0 Å². The predicted octanol–water partition coefficient (Wildman–Crippen LogP) is 2.29. The lowest BCUT2D eigenvalue weighted by Gasteiger charge is -2.46. The summed E-state index contributed by atoms with van der Waals surface area (Å²) in [7, 11) is 3.07. The topological polar surface area (TPSA) is 106 Å². The Morgan fingerprint density at radius 2 is 1.85 bits per heavy atom. The minimum atomic E-state index is -1.29. The summed E-state index contributed by atoms with van der Waals surface area (Å²) in [6.07, 6.45) is -3.61. The summed E-state index contributed by atoms with van der Waals surface area (Å²) in [4.78, 5) is 11.3. The first-order chi connectivity index (χ1) is 15.7. The highest BCUT2D eigenvalue weighted by Crippen LogP contribution is 2.35.